The lowest BCUT2D eigenvalue weighted by molar-refractivity contribution is -0.133. The Hall–Kier alpha value is -4.17. The van der Waals surface area contributed by atoms with Gasteiger partial charge in [0.25, 0.3) is 0 Å². The molecule has 0 saturated carbocycles. The minimum atomic E-state index is -0.353. The van der Waals surface area contributed by atoms with Crippen LogP contribution < -0.4 is 21.7 Å². The quantitative estimate of drug-likeness (QED) is 0.158. The second-order valence-corrected chi connectivity index (χ2v) is 11.7. The number of nitrogens with zero attached hydrogens (tertiary/aromatic N) is 2. The molecular weight excluding hydrogens is 536 g/mol. The topological polar surface area (TPSA) is 112 Å². The molecule has 5 N–H and O–H groups in total. The first-order valence-electron chi connectivity index (χ1n) is 15.5. The van der Waals surface area contributed by atoms with Crippen LogP contribution in [0.15, 0.2) is 89.9 Å². The van der Waals surface area contributed by atoms with Crippen molar-refractivity contribution < 1.29 is 9.59 Å². The summed E-state index contributed by atoms with van der Waals surface area (Å²) in [7, 11) is 1.65. The van der Waals surface area contributed by atoms with Crippen molar-refractivity contribution in [1.82, 2.24) is 20.9 Å². The van der Waals surface area contributed by atoms with E-state index in [1.54, 1.807) is 7.05 Å². The number of carbonyl (C=O) groups is 2. The monoisotopic (exact) mass is 580 g/mol. The molecule has 1 aliphatic carbocycles. The first-order chi connectivity index (χ1) is 21.0. The molecule has 0 aromatic heterocycles. The number of aliphatic imine (C=N–C) groups is 1. The molecule has 43 heavy (non-hydrogen) atoms. The maximum Gasteiger partial charge on any atom is 0.239 e. The molecule has 1 fully saturated rings. The van der Waals surface area contributed by atoms with Crippen LogP contribution in [0.5, 0.6) is 0 Å². The van der Waals surface area contributed by atoms with E-state index in [2.05, 4.69) is 81.6 Å². The Balaban J connectivity index is 1.27. The van der Waals surface area contributed by atoms with Crippen molar-refractivity contribution in [3.8, 4) is 0 Å². The van der Waals surface area contributed by atoms with Crippen molar-refractivity contribution in [2.75, 3.05) is 33.2 Å². The second-order valence-electron chi connectivity index (χ2n) is 11.7. The van der Waals surface area contributed by atoms with Crippen LogP contribution in [-0.4, -0.2) is 68.0 Å². The summed E-state index contributed by atoms with van der Waals surface area (Å²) < 4.78 is 0. The van der Waals surface area contributed by atoms with Gasteiger partial charge >= 0.3 is 0 Å². The zero-order chi connectivity index (χ0) is 30.0. The van der Waals surface area contributed by atoms with E-state index < -0.39 is 0 Å². The predicted octanol–water partition coefficient (Wildman–Crippen LogP) is 3.22. The van der Waals surface area contributed by atoms with Crippen molar-refractivity contribution in [2.24, 2.45) is 16.6 Å². The van der Waals surface area contributed by atoms with Gasteiger partial charge in [-0.05, 0) is 54.4 Å². The normalized spacial score (nSPS) is 19.3. The number of hydrogen-bond acceptors (Lipinski definition) is 4. The molecule has 5 rings (SSSR count). The van der Waals surface area contributed by atoms with E-state index in [0.717, 1.165) is 25.7 Å². The highest BCUT2D eigenvalue weighted by Crippen LogP contribution is 2.28. The number of hydrogen-bond donors (Lipinski definition) is 4. The molecule has 2 amide bonds. The summed E-state index contributed by atoms with van der Waals surface area (Å²) in [5.41, 5.74) is 10.7. The van der Waals surface area contributed by atoms with Crippen molar-refractivity contribution in [2.45, 2.75) is 50.1 Å². The zero-order valence-electron chi connectivity index (χ0n) is 25.0. The fourth-order valence-corrected chi connectivity index (χ4v) is 6.34. The lowest BCUT2D eigenvalue weighted by Gasteiger charge is -2.29. The third-order valence-corrected chi connectivity index (χ3v) is 8.76. The Morgan fingerprint density at radius 3 is 2.16 bits per heavy atom. The van der Waals surface area contributed by atoms with Gasteiger partial charge in [-0.2, -0.15) is 0 Å². The third kappa shape index (κ3) is 8.02. The maximum absolute atomic E-state index is 14.1. The SMILES string of the molecule is CN=C(N)NCCCC1NC(CNC(=O)C2Cc3ccccc3C2)CCN(CC(c2ccccc2)c2ccccc2)C1=O. The predicted molar refractivity (Wildman–Crippen MR) is 172 cm³/mol. The molecule has 0 bridgehead atoms. The van der Waals surface area contributed by atoms with Crippen molar-refractivity contribution in [3.63, 3.8) is 0 Å². The van der Waals surface area contributed by atoms with Crippen molar-refractivity contribution in [1.29, 1.82) is 0 Å². The van der Waals surface area contributed by atoms with Crippen molar-refractivity contribution in [3.05, 3.63) is 107 Å². The molecule has 2 unspecified atom stereocenters. The standard InChI is InChI=1S/C35H44N6O2/c1-37-35(36)38-19-10-17-32-34(43)41(24-31(25-11-4-2-5-12-25)26-13-6-3-7-14-26)20-18-30(40-32)23-39-33(42)29-21-27-15-8-9-16-28(27)22-29/h2-9,11-16,29-32,40H,10,17-24H2,1H3,(H,39,42)(H3,36,37,38). The van der Waals surface area contributed by atoms with Gasteiger partial charge in [0.15, 0.2) is 5.96 Å². The third-order valence-electron chi connectivity index (χ3n) is 8.76. The van der Waals surface area contributed by atoms with E-state index in [9.17, 15) is 9.59 Å². The fraction of sp³-hybridized carbons (Fsp3) is 0.400. The van der Waals surface area contributed by atoms with Gasteiger partial charge in [-0.3, -0.25) is 14.6 Å². The molecule has 1 aliphatic heterocycles. The van der Waals surface area contributed by atoms with E-state index in [1.807, 2.05) is 29.2 Å². The van der Waals surface area contributed by atoms with E-state index in [1.165, 1.54) is 22.3 Å². The number of nitrogens with one attached hydrogen (secondary N) is 3. The van der Waals surface area contributed by atoms with E-state index in [0.29, 0.717) is 38.6 Å². The summed E-state index contributed by atoms with van der Waals surface area (Å²) >= 11 is 0. The van der Waals surface area contributed by atoms with Gasteiger partial charge in [0.05, 0.1) is 6.04 Å². The molecule has 0 radical (unpaired) electrons. The van der Waals surface area contributed by atoms with Gasteiger partial charge in [0.1, 0.15) is 0 Å². The first kappa shape index (κ1) is 30.3. The van der Waals surface area contributed by atoms with Crippen molar-refractivity contribution >= 4 is 17.8 Å². The summed E-state index contributed by atoms with van der Waals surface area (Å²) in [5, 5.41) is 9.93. The highest BCUT2D eigenvalue weighted by atomic mass is 16.2. The minimum absolute atomic E-state index is 0.00573. The molecule has 1 heterocycles. The van der Waals surface area contributed by atoms with E-state index >= 15 is 0 Å². The van der Waals surface area contributed by atoms with Gasteiger partial charge < -0.3 is 26.6 Å². The smallest absolute Gasteiger partial charge is 0.239 e. The van der Waals surface area contributed by atoms with Crippen LogP contribution in [-0.2, 0) is 22.4 Å². The molecule has 226 valence electrons. The number of amides is 2. The molecule has 1 saturated heterocycles. The van der Waals surface area contributed by atoms with Gasteiger partial charge in [-0.25, -0.2) is 0 Å². The van der Waals surface area contributed by atoms with Crippen LogP contribution in [0.2, 0.25) is 0 Å². The molecule has 8 nitrogen and oxygen atoms in total. The molecule has 2 aliphatic rings. The summed E-state index contributed by atoms with van der Waals surface area (Å²) in [6, 6.07) is 28.8. The lowest BCUT2D eigenvalue weighted by Crippen LogP contribution is -2.50. The zero-order valence-corrected chi connectivity index (χ0v) is 25.0. The Morgan fingerprint density at radius 1 is 0.953 bits per heavy atom. The van der Waals surface area contributed by atoms with Crippen LogP contribution in [0.25, 0.3) is 0 Å². The summed E-state index contributed by atoms with van der Waals surface area (Å²) in [6.45, 7) is 2.35. The summed E-state index contributed by atoms with van der Waals surface area (Å²) in [4.78, 5) is 33.2. The molecule has 2 atom stereocenters. The Bertz CT molecular complexity index is 1310. The molecule has 0 spiro atoms. The minimum Gasteiger partial charge on any atom is -0.370 e. The number of guanidine groups is 1. The second kappa shape index (κ2) is 14.8. The Labute approximate surface area is 255 Å². The maximum atomic E-state index is 14.1. The van der Waals surface area contributed by atoms with Crippen LogP contribution in [0.3, 0.4) is 0 Å². The van der Waals surface area contributed by atoms with Gasteiger partial charge in [0.2, 0.25) is 11.8 Å². The molecular formula is C35H44N6O2. The number of rotatable bonds is 11. The van der Waals surface area contributed by atoms with Crippen LogP contribution in [0.4, 0.5) is 0 Å². The Kier molecular flexibility index (Phi) is 10.4. The molecule has 3 aromatic carbocycles. The Morgan fingerprint density at radius 2 is 1.56 bits per heavy atom. The fourth-order valence-electron chi connectivity index (χ4n) is 6.34. The molecule has 3 aromatic rings. The van der Waals surface area contributed by atoms with Crippen LogP contribution in [0, 0.1) is 5.92 Å². The molecule has 8 heteroatoms. The number of fused-ring (bicyclic) bond motifs is 1. The average Bonchev–Trinajstić information content (AvgIpc) is 3.43. The average molecular weight is 581 g/mol. The lowest BCUT2D eigenvalue weighted by atomic mass is 9.90. The largest absolute Gasteiger partial charge is 0.370 e. The van der Waals surface area contributed by atoms with Gasteiger partial charge in [0, 0.05) is 51.1 Å². The van der Waals surface area contributed by atoms with Gasteiger partial charge in [-0.1, -0.05) is 84.9 Å². The van der Waals surface area contributed by atoms with Crippen LogP contribution in [0.1, 0.15) is 47.4 Å². The number of benzene rings is 3. The number of carbonyl (C=O) groups excluding carboxylic acids is 2. The summed E-state index contributed by atoms with van der Waals surface area (Å²) in [5.74, 6) is 0.619. The number of nitrogens with two attached hydrogens (primary N) is 1. The van der Waals surface area contributed by atoms with Gasteiger partial charge in [-0.15, -0.1) is 0 Å². The van der Waals surface area contributed by atoms with E-state index in [-0.39, 0.29) is 35.7 Å². The highest BCUT2D eigenvalue weighted by Gasteiger charge is 2.33. The van der Waals surface area contributed by atoms with Crippen LogP contribution >= 0.6 is 0 Å². The first-order valence-corrected chi connectivity index (χ1v) is 15.5. The summed E-state index contributed by atoms with van der Waals surface area (Å²) in [6.07, 6.45) is 3.74. The highest BCUT2D eigenvalue weighted by molar-refractivity contribution is 5.83. The van der Waals surface area contributed by atoms with E-state index in [4.69, 9.17) is 5.73 Å².